The first-order chi connectivity index (χ1) is 5.11. The number of halogens is 4. The smallest absolute Gasteiger partial charge is 0.100 e. The summed E-state index contributed by atoms with van der Waals surface area (Å²) in [4.78, 5) is -0.539. The molecule has 0 saturated heterocycles. The quantitative estimate of drug-likeness (QED) is 0.658. The van der Waals surface area contributed by atoms with Crippen molar-refractivity contribution in [2.45, 2.75) is 4.84 Å². The molecule has 0 atom stereocenters. The van der Waals surface area contributed by atoms with E-state index in [1.807, 2.05) is 6.07 Å². The lowest BCUT2D eigenvalue weighted by molar-refractivity contribution is 1.32. The first-order valence-electron chi connectivity index (χ1n) is 2.84. The van der Waals surface area contributed by atoms with Crippen molar-refractivity contribution in [3.05, 3.63) is 33.3 Å². The second-order valence-corrected chi connectivity index (χ2v) is 4.35. The van der Waals surface area contributed by atoms with Gasteiger partial charge < -0.3 is 0 Å². The standard InChI is InChI=1S/C7H4BrCl3/c8-6-2-1-4(9)3-5(6)7(10)11/h1-3,7H. The fourth-order valence-corrected chi connectivity index (χ4v) is 1.96. The Hall–Kier alpha value is 0.570. The van der Waals surface area contributed by atoms with Crippen molar-refractivity contribution in [3.8, 4) is 0 Å². The van der Waals surface area contributed by atoms with Crippen molar-refractivity contribution in [1.29, 1.82) is 0 Å². The summed E-state index contributed by atoms with van der Waals surface area (Å²) >= 11 is 20.3. The Bertz CT molecular complexity index is 260. The Balaban J connectivity index is 3.13. The van der Waals surface area contributed by atoms with Gasteiger partial charge >= 0.3 is 0 Å². The second kappa shape index (κ2) is 3.99. The molecule has 0 unspecified atom stereocenters. The molecule has 4 heteroatoms. The Morgan fingerprint density at radius 1 is 1.27 bits per heavy atom. The van der Waals surface area contributed by atoms with Crippen LogP contribution in [0.25, 0.3) is 0 Å². The van der Waals surface area contributed by atoms with Crippen molar-refractivity contribution in [2.24, 2.45) is 0 Å². The van der Waals surface area contributed by atoms with Crippen molar-refractivity contribution < 1.29 is 0 Å². The highest BCUT2D eigenvalue weighted by Gasteiger charge is 2.07. The second-order valence-electron chi connectivity index (χ2n) is 1.97. The van der Waals surface area contributed by atoms with Gasteiger partial charge in [-0.3, -0.25) is 0 Å². The van der Waals surface area contributed by atoms with Gasteiger partial charge in [0.25, 0.3) is 0 Å². The average Bonchev–Trinajstić information content (AvgIpc) is 1.94. The van der Waals surface area contributed by atoms with Gasteiger partial charge in [0.1, 0.15) is 4.84 Å². The van der Waals surface area contributed by atoms with E-state index in [9.17, 15) is 0 Å². The van der Waals surface area contributed by atoms with Gasteiger partial charge in [0.05, 0.1) is 0 Å². The number of hydrogen-bond acceptors (Lipinski definition) is 0. The van der Waals surface area contributed by atoms with E-state index in [0.717, 1.165) is 10.0 Å². The molecule has 1 aromatic rings. The molecular formula is C7H4BrCl3. The van der Waals surface area contributed by atoms with Crippen molar-refractivity contribution >= 4 is 50.7 Å². The van der Waals surface area contributed by atoms with Crippen molar-refractivity contribution in [1.82, 2.24) is 0 Å². The SMILES string of the molecule is Clc1ccc(Br)c(C(Cl)Cl)c1. The van der Waals surface area contributed by atoms with Crippen LogP contribution in [-0.4, -0.2) is 0 Å². The summed E-state index contributed by atoms with van der Waals surface area (Å²) in [6.45, 7) is 0. The van der Waals surface area contributed by atoms with Crippen LogP contribution in [0.15, 0.2) is 22.7 Å². The fraction of sp³-hybridized carbons (Fsp3) is 0.143. The third kappa shape index (κ3) is 2.51. The molecule has 0 aliphatic heterocycles. The van der Waals surface area contributed by atoms with Crippen LogP contribution in [0.4, 0.5) is 0 Å². The zero-order valence-electron chi connectivity index (χ0n) is 5.32. The Kier molecular flexibility index (Phi) is 3.51. The van der Waals surface area contributed by atoms with Gasteiger partial charge in [-0.25, -0.2) is 0 Å². The molecule has 1 aromatic carbocycles. The molecule has 0 amide bonds. The molecule has 0 N–H and O–H groups in total. The maximum absolute atomic E-state index is 5.72. The van der Waals surface area contributed by atoms with Gasteiger partial charge in [0.15, 0.2) is 0 Å². The molecule has 0 radical (unpaired) electrons. The van der Waals surface area contributed by atoms with Crippen LogP contribution < -0.4 is 0 Å². The molecule has 0 aromatic heterocycles. The summed E-state index contributed by atoms with van der Waals surface area (Å²) in [6.07, 6.45) is 0. The summed E-state index contributed by atoms with van der Waals surface area (Å²) in [5.41, 5.74) is 0.792. The van der Waals surface area contributed by atoms with E-state index in [4.69, 9.17) is 34.8 Å². The topological polar surface area (TPSA) is 0 Å². The van der Waals surface area contributed by atoms with E-state index in [0.29, 0.717) is 5.02 Å². The maximum atomic E-state index is 5.72. The molecule has 0 fully saturated rings. The third-order valence-electron chi connectivity index (χ3n) is 1.19. The van der Waals surface area contributed by atoms with E-state index in [2.05, 4.69) is 15.9 Å². The number of alkyl halides is 2. The van der Waals surface area contributed by atoms with E-state index in [1.165, 1.54) is 0 Å². The molecule has 0 saturated carbocycles. The largest absolute Gasteiger partial charge is 0.133 e. The molecule has 60 valence electrons. The van der Waals surface area contributed by atoms with Crippen LogP contribution in [0.2, 0.25) is 5.02 Å². The molecule has 0 heterocycles. The number of rotatable bonds is 1. The minimum atomic E-state index is -0.539. The molecule has 0 nitrogen and oxygen atoms in total. The first-order valence-corrected chi connectivity index (χ1v) is 4.88. The Morgan fingerprint density at radius 2 is 1.91 bits per heavy atom. The summed E-state index contributed by atoms with van der Waals surface area (Å²) in [5.74, 6) is 0. The highest BCUT2D eigenvalue weighted by molar-refractivity contribution is 9.10. The summed E-state index contributed by atoms with van der Waals surface area (Å²) < 4.78 is 0.872. The molecular weight excluding hydrogens is 270 g/mol. The minimum Gasteiger partial charge on any atom is -0.100 e. The zero-order valence-corrected chi connectivity index (χ0v) is 9.18. The Labute approximate surface area is 88.6 Å². The van der Waals surface area contributed by atoms with E-state index < -0.39 is 4.84 Å². The fourth-order valence-electron chi connectivity index (χ4n) is 0.682. The lowest BCUT2D eigenvalue weighted by Gasteiger charge is -2.04. The van der Waals surface area contributed by atoms with Crippen LogP contribution in [-0.2, 0) is 0 Å². The predicted octanol–water partition coefficient (Wildman–Crippen LogP) is 4.58. The van der Waals surface area contributed by atoms with Gasteiger partial charge in [-0.15, -0.1) is 23.2 Å². The minimum absolute atomic E-state index is 0.539. The van der Waals surface area contributed by atoms with Gasteiger partial charge in [0.2, 0.25) is 0 Å². The van der Waals surface area contributed by atoms with E-state index >= 15 is 0 Å². The summed E-state index contributed by atoms with van der Waals surface area (Å²) in [6, 6.07) is 5.32. The highest BCUT2D eigenvalue weighted by Crippen LogP contribution is 2.32. The summed E-state index contributed by atoms with van der Waals surface area (Å²) in [5, 5.41) is 0.634. The lowest BCUT2D eigenvalue weighted by atomic mass is 10.2. The normalized spacial score (nSPS) is 10.6. The summed E-state index contributed by atoms with van der Waals surface area (Å²) in [7, 11) is 0. The maximum Gasteiger partial charge on any atom is 0.133 e. The van der Waals surface area contributed by atoms with Gasteiger partial charge in [-0.1, -0.05) is 27.5 Å². The monoisotopic (exact) mass is 272 g/mol. The molecule has 1 rings (SSSR count). The van der Waals surface area contributed by atoms with Crippen LogP contribution >= 0.6 is 50.7 Å². The molecule has 11 heavy (non-hydrogen) atoms. The van der Waals surface area contributed by atoms with Crippen molar-refractivity contribution in [2.75, 3.05) is 0 Å². The first kappa shape index (κ1) is 9.66. The van der Waals surface area contributed by atoms with E-state index in [1.54, 1.807) is 12.1 Å². The van der Waals surface area contributed by atoms with E-state index in [-0.39, 0.29) is 0 Å². The molecule has 0 aliphatic carbocycles. The predicted molar refractivity (Wildman–Crippen MR) is 53.6 cm³/mol. The van der Waals surface area contributed by atoms with Crippen LogP contribution in [0.3, 0.4) is 0 Å². The average molecular weight is 274 g/mol. The molecule has 0 bridgehead atoms. The van der Waals surface area contributed by atoms with Gasteiger partial charge in [-0.2, -0.15) is 0 Å². The Morgan fingerprint density at radius 3 is 2.36 bits per heavy atom. The van der Waals surface area contributed by atoms with Gasteiger partial charge in [0, 0.05) is 15.1 Å². The molecule has 0 aliphatic rings. The number of hydrogen-bond donors (Lipinski definition) is 0. The number of benzene rings is 1. The van der Waals surface area contributed by atoms with Crippen LogP contribution in [0.5, 0.6) is 0 Å². The third-order valence-corrected chi connectivity index (χ3v) is 2.62. The lowest BCUT2D eigenvalue weighted by Crippen LogP contribution is -1.82. The van der Waals surface area contributed by atoms with Crippen molar-refractivity contribution in [3.63, 3.8) is 0 Å². The van der Waals surface area contributed by atoms with Crippen LogP contribution in [0.1, 0.15) is 10.4 Å². The van der Waals surface area contributed by atoms with Crippen LogP contribution in [0, 0.1) is 0 Å². The zero-order chi connectivity index (χ0) is 8.43. The molecule has 0 spiro atoms. The van der Waals surface area contributed by atoms with Gasteiger partial charge in [-0.05, 0) is 18.2 Å². The highest BCUT2D eigenvalue weighted by atomic mass is 79.9.